The number of nitrogens with one attached hydrogen (secondary N) is 1. The van der Waals surface area contributed by atoms with E-state index in [2.05, 4.69) is 5.32 Å². The molecule has 0 radical (unpaired) electrons. The lowest BCUT2D eigenvalue weighted by molar-refractivity contribution is 0.0684. The summed E-state index contributed by atoms with van der Waals surface area (Å²) in [5.74, 6) is 2.64. The van der Waals surface area contributed by atoms with E-state index in [0.717, 1.165) is 12.8 Å². The normalized spacial score (nSPS) is 13.6. The topological polar surface area (TPSA) is 95.6 Å². The van der Waals surface area contributed by atoms with Gasteiger partial charge in [0, 0.05) is 30.8 Å². The Morgan fingerprint density at radius 3 is 1.92 bits per heavy atom. The standard InChI is InChI=1S/C28H38N2O7/c1-6-35-24-16-21(17-25(36-7-2)26(24)37-8-3)27(31)29-18-19-11-13-30(14-12-19)28(32)20-9-10-22(33-4)23(15-20)34-5/h9-10,15-17,19H,6-8,11-14,18H2,1-5H3,(H,29,31). The van der Waals surface area contributed by atoms with Crippen molar-refractivity contribution in [3.8, 4) is 28.7 Å². The second kappa shape index (κ2) is 13.6. The lowest BCUT2D eigenvalue weighted by Gasteiger charge is -2.32. The van der Waals surface area contributed by atoms with E-state index >= 15 is 0 Å². The molecule has 0 atom stereocenters. The van der Waals surface area contributed by atoms with Gasteiger partial charge in [0.1, 0.15) is 0 Å². The van der Waals surface area contributed by atoms with Crippen LogP contribution in [-0.4, -0.2) is 70.4 Å². The summed E-state index contributed by atoms with van der Waals surface area (Å²) >= 11 is 0. The Morgan fingerprint density at radius 2 is 1.38 bits per heavy atom. The van der Waals surface area contributed by atoms with Crippen molar-refractivity contribution in [1.29, 1.82) is 0 Å². The number of benzene rings is 2. The number of hydrogen-bond acceptors (Lipinski definition) is 7. The summed E-state index contributed by atoms with van der Waals surface area (Å²) in [6.07, 6.45) is 1.61. The molecule has 0 saturated carbocycles. The second-order valence-corrected chi connectivity index (χ2v) is 8.62. The SMILES string of the molecule is CCOc1cc(C(=O)NCC2CCN(C(=O)c3ccc(OC)c(OC)c3)CC2)cc(OCC)c1OCC. The van der Waals surface area contributed by atoms with E-state index in [1.807, 2.05) is 25.7 Å². The lowest BCUT2D eigenvalue weighted by Crippen LogP contribution is -2.41. The van der Waals surface area contributed by atoms with Gasteiger partial charge < -0.3 is 33.9 Å². The van der Waals surface area contributed by atoms with Crippen molar-refractivity contribution < 1.29 is 33.3 Å². The van der Waals surface area contributed by atoms with Crippen molar-refractivity contribution in [2.75, 3.05) is 53.7 Å². The number of piperidine rings is 1. The number of carbonyl (C=O) groups is 2. The molecule has 1 fully saturated rings. The molecule has 0 aromatic heterocycles. The first-order chi connectivity index (χ1) is 17.9. The smallest absolute Gasteiger partial charge is 0.253 e. The van der Waals surface area contributed by atoms with Crippen LogP contribution in [0.4, 0.5) is 0 Å². The molecule has 0 aliphatic carbocycles. The third-order valence-corrected chi connectivity index (χ3v) is 6.25. The summed E-state index contributed by atoms with van der Waals surface area (Å²) in [6, 6.07) is 8.58. The Labute approximate surface area is 219 Å². The largest absolute Gasteiger partial charge is 0.493 e. The van der Waals surface area contributed by atoms with Gasteiger partial charge in [-0.3, -0.25) is 9.59 Å². The van der Waals surface area contributed by atoms with Crippen LogP contribution >= 0.6 is 0 Å². The minimum Gasteiger partial charge on any atom is -0.493 e. The van der Waals surface area contributed by atoms with Crippen LogP contribution < -0.4 is 29.0 Å². The molecule has 2 aromatic rings. The monoisotopic (exact) mass is 514 g/mol. The Bertz CT molecular complexity index is 1040. The summed E-state index contributed by atoms with van der Waals surface area (Å²) in [5.41, 5.74) is 1.02. The van der Waals surface area contributed by atoms with Crippen LogP contribution in [0, 0.1) is 5.92 Å². The van der Waals surface area contributed by atoms with Gasteiger partial charge in [-0.05, 0) is 69.9 Å². The minimum atomic E-state index is -0.200. The van der Waals surface area contributed by atoms with Crippen LogP contribution in [0.25, 0.3) is 0 Å². The molecule has 202 valence electrons. The molecule has 2 amide bonds. The van der Waals surface area contributed by atoms with Crippen molar-refractivity contribution in [2.45, 2.75) is 33.6 Å². The molecule has 0 unspecified atom stereocenters. The fourth-order valence-electron chi connectivity index (χ4n) is 4.35. The molecular weight excluding hydrogens is 476 g/mol. The molecule has 1 heterocycles. The van der Waals surface area contributed by atoms with Crippen LogP contribution in [0.15, 0.2) is 30.3 Å². The number of likely N-dealkylation sites (tertiary alicyclic amines) is 1. The first-order valence-corrected chi connectivity index (χ1v) is 12.8. The van der Waals surface area contributed by atoms with E-state index < -0.39 is 0 Å². The first kappa shape index (κ1) is 28.0. The number of hydrogen-bond donors (Lipinski definition) is 1. The molecule has 3 rings (SSSR count). The zero-order chi connectivity index (χ0) is 26.8. The fourth-order valence-corrected chi connectivity index (χ4v) is 4.35. The van der Waals surface area contributed by atoms with Gasteiger partial charge in [-0.2, -0.15) is 0 Å². The van der Waals surface area contributed by atoms with Gasteiger partial charge in [-0.15, -0.1) is 0 Å². The second-order valence-electron chi connectivity index (χ2n) is 8.62. The summed E-state index contributed by atoms with van der Waals surface area (Å²) in [4.78, 5) is 27.8. The summed E-state index contributed by atoms with van der Waals surface area (Å²) in [5, 5.41) is 3.04. The van der Waals surface area contributed by atoms with E-state index in [-0.39, 0.29) is 17.7 Å². The van der Waals surface area contributed by atoms with Crippen molar-refractivity contribution in [2.24, 2.45) is 5.92 Å². The Morgan fingerprint density at radius 1 is 0.811 bits per heavy atom. The van der Waals surface area contributed by atoms with E-state index in [4.69, 9.17) is 23.7 Å². The molecule has 9 nitrogen and oxygen atoms in total. The highest BCUT2D eigenvalue weighted by Crippen LogP contribution is 2.39. The highest BCUT2D eigenvalue weighted by molar-refractivity contribution is 5.96. The van der Waals surface area contributed by atoms with Gasteiger partial charge >= 0.3 is 0 Å². The van der Waals surface area contributed by atoms with Crippen LogP contribution in [0.3, 0.4) is 0 Å². The predicted octanol–water partition coefficient (Wildman–Crippen LogP) is 4.18. The maximum Gasteiger partial charge on any atom is 0.253 e. The van der Waals surface area contributed by atoms with Gasteiger partial charge in [0.15, 0.2) is 23.0 Å². The average Bonchev–Trinajstić information content (AvgIpc) is 2.93. The number of amides is 2. The van der Waals surface area contributed by atoms with Gasteiger partial charge in [-0.25, -0.2) is 0 Å². The van der Waals surface area contributed by atoms with Crippen LogP contribution in [0.5, 0.6) is 28.7 Å². The van der Waals surface area contributed by atoms with Crippen molar-refractivity contribution >= 4 is 11.8 Å². The first-order valence-electron chi connectivity index (χ1n) is 12.8. The summed E-state index contributed by atoms with van der Waals surface area (Å²) in [6.45, 7) is 8.76. The summed E-state index contributed by atoms with van der Waals surface area (Å²) in [7, 11) is 3.11. The zero-order valence-electron chi connectivity index (χ0n) is 22.4. The lowest BCUT2D eigenvalue weighted by atomic mass is 9.96. The van der Waals surface area contributed by atoms with E-state index in [0.29, 0.717) is 79.3 Å². The quantitative estimate of drug-likeness (QED) is 0.454. The van der Waals surface area contributed by atoms with E-state index in [1.54, 1.807) is 44.6 Å². The zero-order valence-corrected chi connectivity index (χ0v) is 22.4. The maximum atomic E-state index is 13.0. The van der Waals surface area contributed by atoms with Gasteiger partial charge in [0.05, 0.1) is 34.0 Å². The minimum absolute atomic E-state index is 0.0373. The molecule has 1 aliphatic rings. The highest BCUT2D eigenvalue weighted by Gasteiger charge is 2.25. The van der Waals surface area contributed by atoms with Gasteiger partial charge in [0.2, 0.25) is 5.75 Å². The number of rotatable bonds is 12. The third kappa shape index (κ3) is 6.99. The molecule has 37 heavy (non-hydrogen) atoms. The predicted molar refractivity (Wildman–Crippen MR) is 140 cm³/mol. The number of methoxy groups -OCH3 is 2. The molecule has 2 aromatic carbocycles. The van der Waals surface area contributed by atoms with Crippen molar-refractivity contribution in [3.05, 3.63) is 41.5 Å². The Balaban J connectivity index is 1.59. The summed E-state index contributed by atoms with van der Waals surface area (Å²) < 4.78 is 27.7. The number of carbonyl (C=O) groups excluding carboxylic acids is 2. The molecule has 0 bridgehead atoms. The van der Waals surface area contributed by atoms with E-state index in [1.165, 1.54) is 0 Å². The third-order valence-electron chi connectivity index (χ3n) is 6.25. The fraction of sp³-hybridized carbons (Fsp3) is 0.500. The van der Waals surface area contributed by atoms with Gasteiger partial charge in [0.25, 0.3) is 11.8 Å². The molecule has 1 aliphatic heterocycles. The van der Waals surface area contributed by atoms with Crippen LogP contribution in [0.2, 0.25) is 0 Å². The van der Waals surface area contributed by atoms with Crippen LogP contribution in [0.1, 0.15) is 54.3 Å². The molecule has 1 N–H and O–H groups in total. The maximum absolute atomic E-state index is 13.0. The molecular formula is C28H38N2O7. The Hall–Kier alpha value is -3.62. The van der Waals surface area contributed by atoms with Gasteiger partial charge in [-0.1, -0.05) is 0 Å². The molecule has 0 spiro atoms. The van der Waals surface area contributed by atoms with Crippen molar-refractivity contribution in [3.63, 3.8) is 0 Å². The van der Waals surface area contributed by atoms with E-state index in [9.17, 15) is 9.59 Å². The Kier molecular flexibility index (Phi) is 10.3. The van der Waals surface area contributed by atoms with Crippen molar-refractivity contribution in [1.82, 2.24) is 10.2 Å². The number of ether oxygens (including phenoxy) is 5. The average molecular weight is 515 g/mol. The number of nitrogens with zero attached hydrogens (tertiary/aromatic N) is 1. The van der Waals surface area contributed by atoms with Crippen LogP contribution in [-0.2, 0) is 0 Å². The molecule has 1 saturated heterocycles. The molecule has 9 heteroatoms. The highest BCUT2D eigenvalue weighted by atomic mass is 16.5.